The van der Waals surface area contributed by atoms with E-state index < -0.39 is 0 Å². The molecule has 1 saturated carbocycles. The number of rotatable bonds is 4. The van der Waals surface area contributed by atoms with Gasteiger partial charge in [-0.3, -0.25) is 4.90 Å². The molecule has 0 aromatic carbocycles. The van der Waals surface area contributed by atoms with Crippen LogP contribution in [-0.2, 0) is 4.74 Å². The minimum absolute atomic E-state index is 0.174. The van der Waals surface area contributed by atoms with Crippen LogP contribution in [0.1, 0.15) is 38.5 Å². The number of nitriles is 1. The molecular weight excluding hydrogens is 244 g/mol. The number of hydrogen-bond acceptors (Lipinski definition) is 4. The zero-order valence-electron chi connectivity index (χ0n) is 10.9. The van der Waals surface area contributed by atoms with E-state index in [1.807, 2.05) is 11.8 Å². The van der Waals surface area contributed by atoms with E-state index >= 15 is 0 Å². The van der Waals surface area contributed by atoms with Crippen LogP contribution in [0.3, 0.4) is 0 Å². The third kappa shape index (κ3) is 2.68. The minimum atomic E-state index is 0.174. The van der Waals surface area contributed by atoms with Crippen LogP contribution >= 0.6 is 11.8 Å². The number of hydrogen-bond donors (Lipinski definition) is 0. The van der Waals surface area contributed by atoms with Crippen molar-refractivity contribution in [2.45, 2.75) is 56.2 Å². The Balaban J connectivity index is 1.64. The van der Waals surface area contributed by atoms with Gasteiger partial charge in [0.25, 0.3) is 0 Å². The molecule has 4 heteroatoms. The first-order valence-corrected chi connectivity index (χ1v) is 8.33. The van der Waals surface area contributed by atoms with Crippen molar-refractivity contribution in [3.8, 4) is 6.07 Å². The van der Waals surface area contributed by atoms with Gasteiger partial charge in [0.15, 0.2) is 0 Å². The van der Waals surface area contributed by atoms with E-state index in [1.54, 1.807) is 0 Å². The quantitative estimate of drug-likeness (QED) is 0.783. The van der Waals surface area contributed by atoms with Crippen LogP contribution in [0.25, 0.3) is 0 Å². The topological polar surface area (TPSA) is 36.3 Å². The molecule has 0 radical (unpaired) electrons. The van der Waals surface area contributed by atoms with Crippen molar-refractivity contribution in [1.82, 2.24) is 4.90 Å². The van der Waals surface area contributed by atoms with Crippen molar-refractivity contribution >= 4 is 11.8 Å². The fraction of sp³-hybridized carbons (Fsp3) is 0.929. The van der Waals surface area contributed by atoms with Crippen molar-refractivity contribution < 1.29 is 4.74 Å². The zero-order valence-corrected chi connectivity index (χ0v) is 11.8. The van der Waals surface area contributed by atoms with Crippen molar-refractivity contribution in [3.05, 3.63) is 0 Å². The molecule has 2 saturated heterocycles. The average Bonchev–Trinajstić information content (AvgIpc) is 3.13. The standard InChI is InChI=1S/C14H22N2OS/c15-6-1-7-16(12-2-3-12)13-4-8-17-14(10-13)5-9-18-11-14/h12-13H,1-5,7-11H2. The molecule has 2 unspecified atom stereocenters. The maximum atomic E-state index is 8.82. The Hall–Kier alpha value is -0.240. The molecule has 1 aliphatic carbocycles. The average molecular weight is 266 g/mol. The molecule has 0 amide bonds. The van der Waals surface area contributed by atoms with Gasteiger partial charge in [-0.2, -0.15) is 17.0 Å². The van der Waals surface area contributed by atoms with Crippen molar-refractivity contribution in [2.24, 2.45) is 0 Å². The van der Waals surface area contributed by atoms with Gasteiger partial charge in [0.2, 0.25) is 0 Å². The predicted octanol–water partition coefficient (Wildman–Crippen LogP) is 2.42. The van der Waals surface area contributed by atoms with E-state index in [0.717, 1.165) is 25.6 Å². The highest BCUT2D eigenvalue weighted by atomic mass is 32.2. The lowest BCUT2D eigenvalue weighted by Gasteiger charge is -2.42. The van der Waals surface area contributed by atoms with Crippen LogP contribution in [0.2, 0.25) is 0 Å². The highest BCUT2D eigenvalue weighted by Crippen LogP contribution is 2.41. The van der Waals surface area contributed by atoms with Gasteiger partial charge in [0.1, 0.15) is 0 Å². The van der Waals surface area contributed by atoms with Gasteiger partial charge in [0, 0.05) is 37.4 Å². The van der Waals surface area contributed by atoms with Gasteiger partial charge in [0.05, 0.1) is 11.7 Å². The molecule has 0 aromatic heterocycles. The molecule has 3 fully saturated rings. The molecule has 3 rings (SSSR count). The lowest BCUT2D eigenvalue weighted by molar-refractivity contribution is -0.0905. The Morgan fingerprint density at radius 3 is 2.89 bits per heavy atom. The monoisotopic (exact) mass is 266 g/mol. The first-order chi connectivity index (χ1) is 8.83. The van der Waals surface area contributed by atoms with E-state index in [-0.39, 0.29) is 5.60 Å². The molecule has 2 heterocycles. The van der Waals surface area contributed by atoms with E-state index in [4.69, 9.17) is 10.00 Å². The first-order valence-electron chi connectivity index (χ1n) is 7.17. The Labute approximate surface area is 114 Å². The summed E-state index contributed by atoms with van der Waals surface area (Å²) in [7, 11) is 0. The second-order valence-corrected chi connectivity index (χ2v) is 6.96. The van der Waals surface area contributed by atoms with Crippen LogP contribution < -0.4 is 0 Å². The van der Waals surface area contributed by atoms with Gasteiger partial charge in [-0.05, 0) is 37.9 Å². The largest absolute Gasteiger partial charge is 0.374 e. The minimum Gasteiger partial charge on any atom is -0.374 e. The van der Waals surface area contributed by atoms with Crippen LogP contribution in [0.4, 0.5) is 0 Å². The number of nitrogens with zero attached hydrogens (tertiary/aromatic N) is 2. The molecule has 100 valence electrons. The van der Waals surface area contributed by atoms with E-state index in [9.17, 15) is 0 Å². The van der Waals surface area contributed by atoms with Gasteiger partial charge < -0.3 is 4.74 Å². The highest BCUT2D eigenvalue weighted by molar-refractivity contribution is 7.99. The summed E-state index contributed by atoms with van der Waals surface area (Å²) < 4.78 is 6.10. The van der Waals surface area contributed by atoms with Crippen LogP contribution in [-0.4, -0.2) is 47.2 Å². The van der Waals surface area contributed by atoms with Crippen molar-refractivity contribution in [1.29, 1.82) is 5.26 Å². The maximum absolute atomic E-state index is 8.82. The molecular formula is C14H22N2OS. The number of ether oxygens (including phenoxy) is 1. The highest BCUT2D eigenvalue weighted by Gasteiger charge is 2.44. The predicted molar refractivity (Wildman–Crippen MR) is 73.6 cm³/mol. The fourth-order valence-electron chi connectivity index (χ4n) is 3.40. The second-order valence-electron chi connectivity index (χ2n) is 5.86. The Morgan fingerprint density at radius 1 is 1.33 bits per heavy atom. The second kappa shape index (κ2) is 5.40. The lowest BCUT2D eigenvalue weighted by Crippen LogP contribution is -2.49. The summed E-state index contributed by atoms with van der Waals surface area (Å²) in [5.74, 6) is 2.44. The lowest BCUT2D eigenvalue weighted by atomic mass is 9.89. The Kier molecular flexibility index (Phi) is 3.83. The summed E-state index contributed by atoms with van der Waals surface area (Å²) in [5.41, 5.74) is 0.174. The molecule has 1 spiro atoms. The van der Waals surface area contributed by atoms with Gasteiger partial charge in [-0.1, -0.05) is 0 Å². The van der Waals surface area contributed by atoms with Gasteiger partial charge >= 0.3 is 0 Å². The molecule has 2 atom stereocenters. The Bertz CT molecular complexity index is 331. The fourth-order valence-corrected chi connectivity index (χ4v) is 4.78. The Morgan fingerprint density at radius 2 is 2.22 bits per heavy atom. The van der Waals surface area contributed by atoms with Gasteiger partial charge in [-0.25, -0.2) is 0 Å². The van der Waals surface area contributed by atoms with Crippen molar-refractivity contribution in [2.75, 3.05) is 24.7 Å². The molecule has 18 heavy (non-hydrogen) atoms. The molecule has 0 N–H and O–H groups in total. The SMILES string of the molecule is N#CCCN(C1CC1)C1CCOC2(CCSC2)C1. The third-order valence-corrected chi connectivity index (χ3v) is 5.72. The first kappa shape index (κ1) is 12.8. The number of thioether (sulfide) groups is 1. The summed E-state index contributed by atoms with van der Waals surface area (Å²) in [6, 6.07) is 3.74. The molecule has 3 aliphatic rings. The zero-order chi connectivity index (χ0) is 12.4. The summed E-state index contributed by atoms with van der Waals surface area (Å²) in [6.07, 6.45) is 6.94. The maximum Gasteiger partial charge on any atom is 0.0795 e. The molecule has 0 bridgehead atoms. The third-order valence-electron chi connectivity index (χ3n) is 4.50. The van der Waals surface area contributed by atoms with E-state index in [0.29, 0.717) is 12.5 Å². The summed E-state index contributed by atoms with van der Waals surface area (Å²) in [6.45, 7) is 1.88. The molecule has 2 aliphatic heterocycles. The molecule has 3 nitrogen and oxygen atoms in total. The van der Waals surface area contributed by atoms with E-state index in [2.05, 4.69) is 11.0 Å². The van der Waals surface area contributed by atoms with Crippen molar-refractivity contribution in [3.63, 3.8) is 0 Å². The normalized spacial score (nSPS) is 36.1. The van der Waals surface area contributed by atoms with Crippen LogP contribution in [0, 0.1) is 11.3 Å². The summed E-state index contributed by atoms with van der Waals surface area (Å²) in [5, 5.41) is 8.82. The van der Waals surface area contributed by atoms with Crippen LogP contribution in [0.15, 0.2) is 0 Å². The van der Waals surface area contributed by atoms with E-state index in [1.165, 1.54) is 37.2 Å². The summed E-state index contributed by atoms with van der Waals surface area (Å²) >= 11 is 2.04. The van der Waals surface area contributed by atoms with Crippen LogP contribution in [0.5, 0.6) is 0 Å². The summed E-state index contributed by atoms with van der Waals surface area (Å²) in [4.78, 5) is 2.62. The van der Waals surface area contributed by atoms with Gasteiger partial charge in [-0.15, -0.1) is 0 Å². The smallest absolute Gasteiger partial charge is 0.0795 e. The molecule has 0 aromatic rings.